The minimum atomic E-state index is -3.94. The second kappa shape index (κ2) is 8.72. The molecule has 0 saturated heterocycles. The fourth-order valence-corrected chi connectivity index (χ4v) is 4.40. The molecule has 32 heavy (non-hydrogen) atoms. The Kier molecular flexibility index (Phi) is 5.83. The van der Waals surface area contributed by atoms with Crippen LogP contribution in [0.4, 0.5) is 15.8 Å². The van der Waals surface area contributed by atoms with Crippen molar-refractivity contribution in [1.29, 1.82) is 0 Å². The Bertz CT molecular complexity index is 1300. The highest BCUT2D eigenvalue weighted by Gasteiger charge is 2.18. The van der Waals surface area contributed by atoms with Crippen LogP contribution in [-0.4, -0.2) is 21.1 Å². The lowest BCUT2D eigenvalue weighted by molar-refractivity contribution is -0.111. The molecule has 1 amide bonds. The number of rotatable bonds is 6. The molecular formula is C23H19FN2O5S. The van der Waals surface area contributed by atoms with Crippen molar-refractivity contribution in [3.63, 3.8) is 0 Å². The molecule has 0 bridgehead atoms. The number of amides is 1. The van der Waals surface area contributed by atoms with Gasteiger partial charge in [-0.1, -0.05) is 12.1 Å². The summed E-state index contributed by atoms with van der Waals surface area (Å²) in [6.07, 6.45) is 2.95. The lowest BCUT2D eigenvalue weighted by atomic mass is 10.2. The summed E-state index contributed by atoms with van der Waals surface area (Å²) < 4.78 is 51.6. The first-order valence-corrected chi connectivity index (χ1v) is 11.1. The second-order valence-corrected chi connectivity index (χ2v) is 8.68. The van der Waals surface area contributed by atoms with Gasteiger partial charge in [0.1, 0.15) is 5.82 Å². The van der Waals surface area contributed by atoms with Crippen LogP contribution in [0, 0.1) is 12.7 Å². The smallest absolute Gasteiger partial charge is 0.262 e. The van der Waals surface area contributed by atoms with Crippen LogP contribution in [0.25, 0.3) is 6.08 Å². The summed E-state index contributed by atoms with van der Waals surface area (Å²) in [4.78, 5) is 12.3. The summed E-state index contributed by atoms with van der Waals surface area (Å²) in [7, 11) is -3.94. The molecule has 0 aromatic heterocycles. The average molecular weight is 454 g/mol. The molecule has 0 unspecified atom stereocenters. The number of nitrogens with one attached hydrogen (secondary N) is 2. The number of aryl methyl sites for hydroxylation is 1. The van der Waals surface area contributed by atoms with Crippen LogP contribution in [0.5, 0.6) is 11.5 Å². The summed E-state index contributed by atoms with van der Waals surface area (Å²) in [5.41, 5.74) is 1.79. The predicted octanol–water partition coefficient (Wildman–Crippen LogP) is 4.32. The van der Waals surface area contributed by atoms with Crippen molar-refractivity contribution in [2.75, 3.05) is 16.8 Å². The van der Waals surface area contributed by atoms with E-state index in [-0.39, 0.29) is 17.4 Å². The van der Waals surface area contributed by atoms with Gasteiger partial charge >= 0.3 is 0 Å². The van der Waals surface area contributed by atoms with Crippen LogP contribution in [0.1, 0.15) is 11.1 Å². The number of halogens is 1. The van der Waals surface area contributed by atoms with Crippen molar-refractivity contribution in [3.05, 3.63) is 83.7 Å². The lowest BCUT2D eigenvalue weighted by Crippen LogP contribution is -2.15. The molecular weight excluding hydrogens is 435 g/mol. The van der Waals surface area contributed by atoms with Crippen LogP contribution in [0.3, 0.4) is 0 Å². The number of hydrogen-bond acceptors (Lipinski definition) is 5. The van der Waals surface area contributed by atoms with E-state index in [0.29, 0.717) is 22.7 Å². The molecule has 4 rings (SSSR count). The van der Waals surface area contributed by atoms with Gasteiger partial charge in [0.15, 0.2) is 11.5 Å². The molecule has 1 heterocycles. The van der Waals surface area contributed by atoms with Crippen LogP contribution in [0.2, 0.25) is 0 Å². The highest BCUT2D eigenvalue weighted by atomic mass is 32.2. The molecule has 7 nitrogen and oxygen atoms in total. The maximum atomic E-state index is 13.1. The maximum absolute atomic E-state index is 13.1. The van der Waals surface area contributed by atoms with Crippen LogP contribution >= 0.6 is 0 Å². The predicted molar refractivity (Wildman–Crippen MR) is 119 cm³/mol. The Labute approximate surface area is 184 Å². The molecule has 2 N–H and O–H groups in total. The summed E-state index contributed by atoms with van der Waals surface area (Å²) >= 11 is 0. The van der Waals surface area contributed by atoms with E-state index in [0.717, 1.165) is 17.7 Å². The highest BCUT2D eigenvalue weighted by Crippen LogP contribution is 2.32. The molecule has 3 aromatic carbocycles. The van der Waals surface area contributed by atoms with Gasteiger partial charge in [0.25, 0.3) is 10.0 Å². The van der Waals surface area contributed by atoms with Crippen molar-refractivity contribution in [3.8, 4) is 11.5 Å². The van der Waals surface area contributed by atoms with E-state index < -0.39 is 21.7 Å². The first-order chi connectivity index (χ1) is 15.3. The molecule has 3 aromatic rings. The van der Waals surface area contributed by atoms with Crippen LogP contribution in [0.15, 0.2) is 71.6 Å². The minimum Gasteiger partial charge on any atom is -0.454 e. The Morgan fingerprint density at radius 3 is 2.47 bits per heavy atom. The van der Waals surface area contributed by atoms with E-state index >= 15 is 0 Å². The third-order valence-electron chi connectivity index (χ3n) is 4.67. The molecule has 9 heteroatoms. The largest absolute Gasteiger partial charge is 0.454 e. The number of sulfonamides is 1. The topological polar surface area (TPSA) is 93.7 Å². The van der Waals surface area contributed by atoms with Crippen LogP contribution < -0.4 is 19.5 Å². The molecule has 1 aliphatic rings. The van der Waals surface area contributed by atoms with E-state index in [1.165, 1.54) is 24.3 Å². The van der Waals surface area contributed by atoms with Crippen molar-refractivity contribution in [1.82, 2.24) is 0 Å². The molecule has 0 saturated carbocycles. The van der Waals surface area contributed by atoms with E-state index in [4.69, 9.17) is 9.47 Å². The van der Waals surface area contributed by atoms with Crippen molar-refractivity contribution in [2.24, 2.45) is 0 Å². The van der Waals surface area contributed by atoms with Gasteiger partial charge in [-0.05, 0) is 72.7 Å². The summed E-state index contributed by atoms with van der Waals surface area (Å²) in [6, 6.07) is 14.8. The molecule has 0 atom stereocenters. The summed E-state index contributed by atoms with van der Waals surface area (Å²) in [5.74, 6) is 0.354. The molecule has 0 fully saturated rings. The van der Waals surface area contributed by atoms with Gasteiger partial charge in [-0.25, -0.2) is 12.8 Å². The van der Waals surface area contributed by atoms with Gasteiger partial charge in [-0.2, -0.15) is 0 Å². The highest BCUT2D eigenvalue weighted by molar-refractivity contribution is 7.92. The maximum Gasteiger partial charge on any atom is 0.262 e. The standard InChI is InChI=1S/C23H19FN2O5S/c1-15-2-7-19(13-22(15)32(28,29)26-18-8-5-17(24)6-9-18)25-23(27)11-4-16-3-10-20-21(12-16)31-14-30-20/h2-13,26H,14H2,1H3,(H,25,27)/b11-4+. The number of carbonyl (C=O) groups is 1. The van der Waals surface area contributed by atoms with E-state index in [1.54, 1.807) is 43.3 Å². The fourth-order valence-electron chi connectivity index (χ4n) is 3.07. The average Bonchev–Trinajstić information content (AvgIpc) is 3.23. The van der Waals surface area contributed by atoms with Gasteiger partial charge in [0.05, 0.1) is 4.90 Å². The Morgan fingerprint density at radius 1 is 0.969 bits per heavy atom. The Balaban J connectivity index is 1.48. The SMILES string of the molecule is Cc1ccc(NC(=O)/C=C/c2ccc3c(c2)OCO3)cc1S(=O)(=O)Nc1ccc(F)cc1. The Hall–Kier alpha value is -3.85. The number of anilines is 2. The zero-order chi connectivity index (χ0) is 22.7. The number of benzene rings is 3. The van der Waals surface area contributed by atoms with Crippen molar-refractivity contribution in [2.45, 2.75) is 11.8 Å². The number of fused-ring (bicyclic) bond motifs is 1. The fraction of sp³-hybridized carbons (Fsp3) is 0.0870. The van der Waals surface area contributed by atoms with E-state index in [2.05, 4.69) is 10.0 Å². The summed E-state index contributed by atoms with van der Waals surface area (Å²) in [5, 5.41) is 2.65. The van der Waals surface area contributed by atoms with Crippen molar-refractivity contribution >= 4 is 33.4 Å². The number of hydrogen-bond donors (Lipinski definition) is 2. The van der Waals surface area contributed by atoms with E-state index in [1.807, 2.05) is 0 Å². The summed E-state index contributed by atoms with van der Waals surface area (Å²) in [6.45, 7) is 1.81. The first-order valence-electron chi connectivity index (χ1n) is 9.58. The van der Waals surface area contributed by atoms with Crippen LogP contribution in [-0.2, 0) is 14.8 Å². The molecule has 1 aliphatic heterocycles. The number of carbonyl (C=O) groups excluding carboxylic acids is 1. The van der Waals surface area contributed by atoms with E-state index in [9.17, 15) is 17.6 Å². The van der Waals surface area contributed by atoms with Gasteiger partial charge in [0.2, 0.25) is 12.7 Å². The third-order valence-corrected chi connectivity index (χ3v) is 6.19. The normalized spacial score (nSPS) is 12.7. The second-order valence-electron chi connectivity index (χ2n) is 7.03. The quantitative estimate of drug-likeness (QED) is 0.541. The molecule has 0 spiro atoms. The Morgan fingerprint density at radius 2 is 1.69 bits per heavy atom. The third kappa shape index (κ3) is 4.89. The van der Waals surface area contributed by atoms with Gasteiger partial charge in [-0.15, -0.1) is 0 Å². The minimum absolute atomic E-state index is 0.000578. The monoisotopic (exact) mass is 454 g/mol. The molecule has 0 aliphatic carbocycles. The molecule has 0 radical (unpaired) electrons. The van der Waals surface area contributed by atoms with Crippen molar-refractivity contribution < 1.29 is 27.1 Å². The first kappa shape index (κ1) is 21.4. The zero-order valence-electron chi connectivity index (χ0n) is 17.0. The molecule has 164 valence electrons. The van der Waals surface area contributed by atoms with Gasteiger partial charge in [-0.3, -0.25) is 9.52 Å². The zero-order valence-corrected chi connectivity index (χ0v) is 17.8. The number of ether oxygens (including phenoxy) is 2. The van der Waals surface area contributed by atoms with Gasteiger partial charge < -0.3 is 14.8 Å². The van der Waals surface area contributed by atoms with Gasteiger partial charge in [0, 0.05) is 17.5 Å². The lowest BCUT2D eigenvalue weighted by Gasteiger charge is -2.12.